The summed E-state index contributed by atoms with van der Waals surface area (Å²) in [7, 11) is 0. The molecule has 1 N–H and O–H groups in total. The molecule has 1 fully saturated rings. The van der Waals surface area contributed by atoms with E-state index >= 15 is 0 Å². The van der Waals surface area contributed by atoms with Crippen LogP contribution in [-0.4, -0.2) is 25.9 Å². The van der Waals surface area contributed by atoms with Crippen molar-refractivity contribution in [3.8, 4) is 5.69 Å². The van der Waals surface area contributed by atoms with Gasteiger partial charge in [0.05, 0.1) is 11.4 Å². The standard InChI is InChI=1S/C18H15ClFN5O/c1-10-17(23-24-25(10)14-6-4-13(20)5-7-14)22-18(26)12-8-15(11-2-3-11)21-16(19)9-12/h4-9,11H,2-3H2,1H3,(H,22,26). The number of nitrogens with zero attached hydrogens (tertiary/aromatic N) is 4. The van der Waals surface area contributed by atoms with E-state index in [-0.39, 0.29) is 11.7 Å². The maximum absolute atomic E-state index is 13.1. The average molecular weight is 372 g/mol. The first kappa shape index (κ1) is 16.7. The van der Waals surface area contributed by atoms with Gasteiger partial charge >= 0.3 is 0 Å². The van der Waals surface area contributed by atoms with E-state index in [1.807, 2.05) is 0 Å². The summed E-state index contributed by atoms with van der Waals surface area (Å²) >= 11 is 6.04. The maximum Gasteiger partial charge on any atom is 0.257 e. The summed E-state index contributed by atoms with van der Waals surface area (Å²) in [5.74, 6) is 0.0631. The van der Waals surface area contributed by atoms with Gasteiger partial charge in [-0.2, -0.15) is 0 Å². The lowest BCUT2D eigenvalue weighted by atomic mass is 10.1. The molecular formula is C18H15ClFN5O. The Morgan fingerprint density at radius 2 is 2.00 bits per heavy atom. The van der Waals surface area contributed by atoms with Crippen molar-refractivity contribution in [1.82, 2.24) is 20.0 Å². The smallest absolute Gasteiger partial charge is 0.257 e. The Hall–Kier alpha value is -2.80. The summed E-state index contributed by atoms with van der Waals surface area (Å²) in [5, 5.41) is 11.1. The van der Waals surface area contributed by atoms with Crippen molar-refractivity contribution in [2.24, 2.45) is 0 Å². The van der Waals surface area contributed by atoms with Crippen LogP contribution in [0, 0.1) is 12.7 Å². The lowest BCUT2D eigenvalue weighted by Gasteiger charge is -2.07. The van der Waals surface area contributed by atoms with Gasteiger partial charge in [0.25, 0.3) is 5.91 Å². The van der Waals surface area contributed by atoms with Crippen molar-refractivity contribution >= 4 is 23.3 Å². The van der Waals surface area contributed by atoms with Gasteiger partial charge < -0.3 is 5.32 Å². The first-order valence-corrected chi connectivity index (χ1v) is 8.56. The van der Waals surface area contributed by atoms with Crippen LogP contribution < -0.4 is 5.32 Å². The van der Waals surface area contributed by atoms with Gasteiger partial charge in [-0.15, -0.1) is 5.10 Å². The third-order valence-corrected chi connectivity index (χ3v) is 4.46. The van der Waals surface area contributed by atoms with Crippen LogP contribution in [0.15, 0.2) is 36.4 Å². The van der Waals surface area contributed by atoms with Gasteiger partial charge in [-0.05, 0) is 56.2 Å². The SMILES string of the molecule is Cc1c(NC(=O)c2cc(Cl)nc(C3CC3)c2)nnn1-c1ccc(F)cc1. The highest BCUT2D eigenvalue weighted by molar-refractivity contribution is 6.29. The van der Waals surface area contributed by atoms with Gasteiger partial charge in [0, 0.05) is 17.2 Å². The van der Waals surface area contributed by atoms with Gasteiger partial charge in [-0.25, -0.2) is 14.1 Å². The summed E-state index contributed by atoms with van der Waals surface area (Å²) in [5.41, 5.74) is 2.56. The second-order valence-corrected chi connectivity index (χ2v) is 6.63. The minimum atomic E-state index is -0.332. The van der Waals surface area contributed by atoms with Crippen molar-refractivity contribution in [3.63, 3.8) is 0 Å². The lowest BCUT2D eigenvalue weighted by Crippen LogP contribution is -2.14. The molecule has 0 saturated heterocycles. The molecule has 0 unspecified atom stereocenters. The third kappa shape index (κ3) is 3.30. The second kappa shape index (κ2) is 6.49. The molecule has 0 spiro atoms. The first-order valence-electron chi connectivity index (χ1n) is 8.18. The van der Waals surface area contributed by atoms with Crippen LogP contribution in [0.2, 0.25) is 5.15 Å². The van der Waals surface area contributed by atoms with Crippen molar-refractivity contribution < 1.29 is 9.18 Å². The number of aromatic nitrogens is 4. The van der Waals surface area contributed by atoms with Crippen LogP contribution >= 0.6 is 11.6 Å². The Bertz CT molecular complexity index is 982. The first-order chi connectivity index (χ1) is 12.5. The lowest BCUT2D eigenvalue weighted by molar-refractivity contribution is 0.102. The Morgan fingerprint density at radius 3 is 2.69 bits per heavy atom. The molecule has 6 nitrogen and oxygen atoms in total. The van der Waals surface area contributed by atoms with Crippen molar-refractivity contribution in [1.29, 1.82) is 0 Å². The molecule has 2 heterocycles. The molecule has 3 aromatic rings. The van der Waals surface area contributed by atoms with Gasteiger partial charge in [-0.3, -0.25) is 4.79 Å². The number of anilines is 1. The fourth-order valence-electron chi connectivity index (χ4n) is 2.69. The molecule has 1 saturated carbocycles. The minimum Gasteiger partial charge on any atom is -0.303 e. The van der Waals surface area contributed by atoms with Crippen molar-refractivity contribution in [2.45, 2.75) is 25.7 Å². The second-order valence-electron chi connectivity index (χ2n) is 6.24. The molecule has 1 amide bonds. The van der Waals surface area contributed by atoms with E-state index in [1.165, 1.54) is 22.9 Å². The fraction of sp³-hybridized carbons (Fsp3) is 0.222. The number of halogens is 2. The summed E-state index contributed by atoms with van der Waals surface area (Å²) < 4.78 is 14.6. The monoisotopic (exact) mass is 371 g/mol. The van der Waals surface area contributed by atoms with Crippen LogP contribution in [0.4, 0.5) is 10.2 Å². The predicted molar refractivity (Wildman–Crippen MR) is 95.2 cm³/mol. The normalized spacial score (nSPS) is 13.7. The highest BCUT2D eigenvalue weighted by atomic mass is 35.5. The van der Waals surface area contributed by atoms with Crippen LogP contribution in [-0.2, 0) is 0 Å². The van der Waals surface area contributed by atoms with Crippen molar-refractivity contribution in [2.75, 3.05) is 5.32 Å². The highest BCUT2D eigenvalue weighted by Gasteiger charge is 2.26. The van der Waals surface area contributed by atoms with E-state index < -0.39 is 0 Å². The summed E-state index contributed by atoms with van der Waals surface area (Å²) in [6.45, 7) is 1.77. The highest BCUT2D eigenvalue weighted by Crippen LogP contribution is 2.39. The van der Waals surface area contributed by atoms with Gasteiger partial charge in [0.1, 0.15) is 11.0 Å². The molecule has 132 valence electrons. The maximum atomic E-state index is 13.1. The molecule has 4 rings (SSSR count). The number of pyridine rings is 1. The number of rotatable bonds is 4. The fourth-order valence-corrected chi connectivity index (χ4v) is 2.90. The Labute approximate surface area is 154 Å². The van der Waals surface area contributed by atoms with Gasteiger partial charge in [0.15, 0.2) is 5.82 Å². The molecule has 1 aromatic carbocycles. The van der Waals surface area contributed by atoms with E-state index in [0.29, 0.717) is 33.8 Å². The molecule has 0 radical (unpaired) electrons. The van der Waals surface area contributed by atoms with Crippen LogP contribution in [0.25, 0.3) is 5.69 Å². The average Bonchev–Trinajstić information content (AvgIpc) is 3.41. The molecule has 0 atom stereocenters. The molecule has 1 aliphatic carbocycles. The Morgan fingerprint density at radius 1 is 1.27 bits per heavy atom. The molecule has 0 aliphatic heterocycles. The van der Waals surface area contributed by atoms with E-state index in [2.05, 4.69) is 20.6 Å². The number of hydrogen-bond donors (Lipinski definition) is 1. The summed E-state index contributed by atoms with van der Waals surface area (Å²) in [6.07, 6.45) is 2.14. The number of benzene rings is 1. The number of carbonyl (C=O) groups is 1. The molecular weight excluding hydrogens is 357 g/mol. The molecule has 0 bridgehead atoms. The topological polar surface area (TPSA) is 72.7 Å². The number of hydrogen-bond acceptors (Lipinski definition) is 4. The van der Waals surface area contributed by atoms with Crippen LogP contribution in [0.3, 0.4) is 0 Å². The Kier molecular flexibility index (Phi) is 4.16. The molecule has 26 heavy (non-hydrogen) atoms. The zero-order valence-corrected chi connectivity index (χ0v) is 14.7. The zero-order chi connectivity index (χ0) is 18.3. The van der Waals surface area contributed by atoms with E-state index in [9.17, 15) is 9.18 Å². The molecule has 1 aliphatic rings. The largest absolute Gasteiger partial charge is 0.303 e. The van der Waals surface area contributed by atoms with Crippen LogP contribution in [0.1, 0.15) is 40.5 Å². The predicted octanol–water partition coefficient (Wildman–Crippen LogP) is 3.89. The minimum absolute atomic E-state index is 0.297. The van der Waals surface area contributed by atoms with E-state index in [4.69, 9.17) is 11.6 Å². The molecule has 2 aromatic heterocycles. The van der Waals surface area contributed by atoms with Gasteiger partial charge in [-0.1, -0.05) is 16.8 Å². The summed E-state index contributed by atoms with van der Waals surface area (Å²) in [6, 6.07) is 9.15. The quantitative estimate of drug-likeness (QED) is 0.706. The van der Waals surface area contributed by atoms with E-state index in [1.54, 1.807) is 25.1 Å². The molecule has 8 heteroatoms. The number of nitrogens with one attached hydrogen (secondary N) is 1. The number of carbonyl (C=O) groups excluding carboxylic acids is 1. The Balaban J connectivity index is 1.58. The van der Waals surface area contributed by atoms with Crippen molar-refractivity contribution in [3.05, 3.63) is 64.3 Å². The van der Waals surface area contributed by atoms with Crippen LogP contribution in [0.5, 0.6) is 0 Å². The summed E-state index contributed by atoms with van der Waals surface area (Å²) in [4.78, 5) is 16.9. The zero-order valence-electron chi connectivity index (χ0n) is 13.9. The number of amides is 1. The third-order valence-electron chi connectivity index (χ3n) is 4.27. The van der Waals surface area contributed by atoms with Gasteiger partial charge in [0.2, 0.25) is 0 Å². The van der Waals surface area contributed by atoms with E-state index in [0.717, 1.165) is 18.5 Å².